The maximum Gasteiger partial charge on any atom is 0.255 e. The fraction of sp³-hybridized carbons (Fsp3) is 0.0909. The third kappa shape index (κ3) is 3.08. The van der Waals surface area contributed by atoms with Crippen LogP contribution >= 0.6 is 11.3 Å². The quantitative estimate of drug-likeness (QED) is 0.537. The summed E-state index contributed by atoms with van der Waals surface area (Å²) < 4.78 is 12.2. The zero-order valence-corrected chi connectivity index (χ0v) is 15.7. The molecule has 0 unspecified atom stereocenters. The van der Waals surface area contributed by atoms with E-state index in [4.69, 9.17) is 14.5 Å². The van der Waals surface area contributed by atoms with E-state index in [-0.39, 0.29) is 5.91 Å². The number of aromatic nitrogens is 1. The number of hydrogen-bond acceptors (Lipinski definition) is 5. The predicted molar refractivity (Wildman–Crippen MR) is 110 cm³/mol. The SMILES string of the molecule is O=C(Nc1ccccc1-c1nc2ccccc2s1)c1ccc2c(c1)OCCO2. The predicted octanol–water partition coefficient (Wildman–Crippen LogP) is 4.99. The van der Waals surface area contributed by atoms with E-state index in [1.807, 2.05) is 48.5 Å². The number of rotatable bonds is 3. The Labute approximate surface area is 165 Å². The summed E-state index contributed by atoms with van der Waals surface area (Å²) in [6.07, 6.45) is 0. The van der Waals surface area contributed by atoms with Crippen molar-refractivity contribution in [2.24, 2.45) is 0 Å². The molecule has 0 spiro atoms. The van der Waals surface area contributed by atoms with Gasteiger partial charge >= 0.3 is 0 Å². The fourth-order valence-electron chi connectivity index (χ4n) is 3.15. The maximum absolute atomic E-state index is 12.8. The zero-order valence-electron chi connectivity index (χ0n) is 14.8. The lowest BCUT2D eigenvalue weighted by Crippen LogP contribution is -2.17. The third-order valence-electron chi connectivity index (χ3n) is 4.50. The van der Waals surface area contributed by atoms with Crippen molar-refractivity contribution in [3.8, 4) is 22.1 Å². The Balaban J connectivity index is 1.46. The minimum atomic E-state index is -0.203. The van der Waals surface area contributed by atoms with Gasteiger partial charge in [0.05, 0.1) is 15.9 Å². The smallest absolute Gasteiger partial charge is 0.255 e. The number of ether oxygens (including phenoxy) is 2. The van der Waals surface area contributed by atoms with E-state index < -0.39 is 0 Å². The number of carbonyl (C=O) groups is 1. The minimum Gasteiger partial charge on any atom is -0.486 e. The first-order valence-corrected chi connectivity index (χ1v) is 9.75. The summed E-state index contributed by atoms with van der Waals surface area (Å²) in [6, 6.07) is 20.9. The molecule has 0 saturated heterocycles. The molecule has 1 N–H and O–H groups in total. The Morgan fingerprint density at radius 3 is 2.61 bits per heavy atom. The number of fused-ring (bicyclic) bond motifs is 2. The Morgan fingerprint density at radius 1 is 0.929 bits per heavy atom. The molecule has 3 aromatic carbocycles. The van der Waals surface area contributed by atoms with E-state index in [9.17, 15) is 4.79 Å². The van der Waals surface area contributed by atoms with Crippen LogP contribution in [0.15, 0.2) is 66.7 Å². The van der Waals surface area contributed by atoms with Crippen molar-refractivity contribution in [2.45, 2.75) is 0 Å². The number of amides is 1. The number of anilines is 1. The number of para-hydroxylation sites is 2. The highest BCUT2D eigenvalue weighted by molar-refractivity contribution is 7.21. The Hall–Kier alpha value is -3.38. The topological polar surface area (TPSA) is 60.5 Å². The van der Waals surface area contributed by atoms with Crippen molar-refractivity contribution in [3.63, 3.8) is 0 Å². The first-order chi connectivity index (χ1) is 13.8. The van der Waals surface area contributed by atoms with Gasteiger partial charge in [0.15, 0.2) is 11.5 Å². The van der Waals surface area contributed by atoms with Crippen molar-refractivity contribution in [3.05, 3.63) is 72.3 Å². The van der Waals surface area contributed by atoms with Crippen LogP contribution in [-0.2, 0) is 0 Å². The lowest BCUT2D eigenvalue weighted by atomic mass is 10.1. The number of nitrogens with zero attached hydrogens (tertiary/aromatic N) is 1. The summed E-state index contributed by atoms with van der Waals surface area (Å²) in [4.78, 5) is 17.5. The highest BCUT2D eigenvalue weighted by Gasteiger charge is 2.17. The minimum absolute atomic E-state index is 0.203. The average Bonchev–Trinajstić information content (AvgIpc) is 3.18. The van der Waals surface area contributed by atoms with Gasteiger partial charge in [-0.25, -0.2) is 4.98 Å². The lowest BCUT2D eigenvalue weighted by molar-refractivity contribution is 0.102. The molecular formula is C22H16N2O3S. The van der Waals surface area contributed by atoms with Gasteiger partial charge in [-0.05, 0) is 42.5 Å². The van der Waals surface area contributed by atoms with Crippen LogP contribution in [0.25, 0.3) is 20.8 Å². The van der Waals surface area contributed by atoms with Gasteiger partial charge in [-0.15, -0.1) is 11.3 Å². The number of hydrogen-bond donors (Lipinski definition) is 1. The van der Waals surface area contributed by atoms with Gasteiger partial charge in [0.2, 0.25) is 0 Å². The van der Waals surface area contributed by atoms with E-state index in [1.165, 1.54) is 0 Å². The second-order valence-corrected chi connectivity index (χ2v) is 7.38. The fourth-order valence-corrected chi connectivity index (χ4v) is 4.15. The second-order valence-electron chi connectivity index (χ2n) is 6.34. The molecule has 1 aliphatic rings. The van der Waals surface area contributed by atoms with Crippen LogP contribution in [0.2, 0.25) is 0 Å². The van der Waals surface area contributed by atoms with Crippen LogP contribution in [0.1, 0.15) is 10.4 Å². The number of carbonyl (C=O) groups excluding carboxylic acids is 1. The van der Waals surface area contributed by atoms with Gasteiger partial charge in [0.25, 0.3) is 5.91 Å². The summed E-state index contributed by atoms with van der Waals surface area (Å²) >= 11 is 1.61. The summed E-state index contributed by atoms with van der Waals surface area (Å²) in [5, 5.41) is 3.88. The number of benzene rings is 3. The summed E-state index contributed by atoms with van der Waals surface area (Å²) in [7, 11) is 0. The van der Waals surface area contributed by atoms with Crippen molar-refractivity contribution >= 4 is 33.1 Å². The van der Waals surface area contributed by atoms with E-state index in [2.05, 4.69) is 5.32 Å². The van der Waals surface area contributed by atoms with E-state index in [0.717, 1.165) is 26.5 Å². The molecule has 5 rings (SSSR count). The van der Waals surface area contributed by atoms with Crippen LogP contribution in [0.5, 0.6) is 11.5 Å². The second kappa shape index (κ2) is 6.98. The van der Waals surface area contributed by atoms with Gasteiger partial charge in [0.1, 0.15) is 18.2 Å². The molecule has 2 heterocycles. The normalized spacial score (nSPS) is 12.7. The molecule has 1 amide bonds. The van der Waals surface area contributed by atoms with Gasteiger partial charge in [-0.1, -0.05) is 24.3 Å². The third-order valence-corrected chi connectivity index (χ3v) is 5.57. The molecule has 6 heteroatoms. The van der Waals surface area contributed by atoms with Crippen LogP contribution in [-0.4, -0.2) is 24.1 Å². The molecule has 0 radical (unpaired) electrons. The summed E-state index contributed by atoms with van der Waals surface area (Å²) in [5.74, 6) is 1.06. The highest BCUT2D eigenvalue weighted by atomic mass is 32.1. The van der Waals surface area contributed by atoms with E-state index in [0.29, 0.717) is 30.3 Å². The highest BCUT2D eigenvalue weighted by Crippen LogP contribution is 2.35. The lowest BCUT2D eigenvalue weighted by Gasteiger charge is -2.18. The molecule has 5 nitrogen and oxygen atoms in total. The molecule has 0 fully saturated rings. The van der Waals surface area contributed by atoms with E-state index >= 15 is 0 Å². The Bertz CT molecular complexity index is 1150. The monoisotopic (exact) mass is 388 g/mol. The molecule has 0 atom stereocenters. The first-order valence-electron chi connectivity index (χ1n) is 8.94. The standard InChI is InChI=1S/C22H16N2O3S/c25-21(14-9-10-18-19(13-14)27-12-11-26-18)23-16-6-2-1-5-15(16)22-24-17-7-3-4-8-20(17)28-22/h1-10,13H,11-12H2,(H,23,25). The molecule has 0 saturated carbocycles. The van der Waals surface area contributed by atoms with Crippen LogP contribution < -0.4 is 14.8 Å². The van der Waals surface area contributed by atoms with Gasteiger partial charge in [0, 0.05) is 11.1 Å². The zero-order chi connectivity index (χ0) is 18.9. The summed E-state index contributed by atoms with van der Waals surface area (Å²) in [5.41, 5.74) is 3.09. The Morgan fingerprint density at radius 2 is 1.71 bits per heavy atom. The first kappa shape index (κ1) is 16.8. The van der Waals surface area contributed by atoms with Crippen molar-refractivity contribution in [2.75, 3.05) is 18.5 Å². The van der Waals surface area contributed by atoms with Crippen molar-refractivity contribution in [1.82, 2.24) is 4.98 Å². The summed E-state index contributed by atoms with van der Waals surface area (Å²) in [6.45, 7) is 1.01. The van der Waals surface area contributed by atoms with Crippen LogP contribution in [0.3, 0.4) is 0 Å². The van der Waals surface area contributed by atoms with Crippen molar-refractivity contribution in [1.29, 1.82) is 0 Å². The maximum atomic E-state index is 12.8. The molecule has 1 aliphatic heterocycles. The molecule has 138 valence electrons. The van der Waals surface area contributed by atoms with Gasteiger partial charge < -0.3 is 14.8 Å². The van der Waals surface area contributed by atoms with Gasteiger partial charge in [-0.3, -0.25) is 4.79 Å². The molecule has 0 aliphatic carbocycles. The van der Waals surface area contributed by atoms with Crippen molar-refractivity contribution < 1.29 is 14.3 Å². The van der Waals surface area contributed by atoms with Crippen LogP contribution in [0, 0.1) is 0 Å². The largest absolute Gasteiger partial charge is 0.486 e. The number of thiazole rings is 1. The molecular weight excluding hydrogens is 372 g/mol. The Kier molecular flexibility index (Phi) is 4.18. The number of nitrogens with one attached hydrogen (secondary N) is 1. The molecule has 0 bridgehead atoms. The average molecular weight is 388 g/mol. The molecule has 28 heavy (non-hydrogen) atoms. The van der Waals surface area contributed by atoms with E-state index in [1.54, 1.807) is 29.5 Å². The van der Waals surface area contributed by atoms with Gasteiger partial charge in [-0.2, -0.15) is 0 Å². The van der Waals surface area contributed by atoms with Crippen LogP contribution in [0.4, 0.5) is 5.69 Å². The molecule has 4 aromatic rings. The molecule has 1 aromatic heterocycles.